The van der Waals surface area contributed by atoms with Crippen molar-refractivity contribution in [2.24, 2.45) is 11.7 Å². The Hall–Kier alpha value is -0.370. The SMILES string of the molecule is CC(=O)C(N)CC1CCCC1. The van der Waals surface area contributed by atoms with E-state index in [9.17, 15) is 4.79 Å². The van der Waals surface area contributed by atoms with E-state index in [2.05, 4.69) is 0 Å². The molecule has 0 heterocycles. The van der Waals surface area contributed by atoms with Crippen molar-refractivity contribution in [1.82, 2.24) is 0 Å². The van der Waals surface area contributed by atoms with E-state index in [-0.39, 0.29) is 11.8 Å². The van der Waals surface area contributed by atoms with Gasteiger partial charge in [0.2, 0.25) is 0 Å². The van der Waals surface area contributed by atoms with Gasteiger partial charge in [-0.25, -0.2) is 0 Å². The van der Waals surface area contributed by atoms with Crippen LogP contribution in [0.1, 0.15) is 39.0 Å². The molecule has 0 amide bonds. The molecule has 1 aliphatic rings. The molecule has 0 aromatic rings. The van der Waals surface area contributed by atoms with E-state index < -0.39 is 0 Å². The summed E-state index contributed by atoms with van der Waals surface area (Å²) in [4.78, 5) is 10.8. The molecule has 0 spiro atoms. The van der Waals surface area contributed by atoms with E-state index in [0.29, 0.717) is 0 Å². The van der Waals surface area contributed by atoms with E-state index >= 15 is 0 Å². The number of hydrogen-bond donors (Lipinski definition) is 1. The Morgan fingerprint density at radius 1 is 1.55 bits per heavy atom. The first kappa shape index (κ1) is 8.72. The molecule has 11 heavy (non-hydrogen) atoms. The fourth-order valence-corrected chi connectivity index (χ4v) is 1.77. The fourth-order valence-electron chi connectivity index (χ4n) is 1.77. The monoisotopic (exact) mass is 155 g/mol. The summed E-state index contributed by atoms with van der Waals surface area (Å²) in [5.41, 5.74) is 5.65. The van der Waals surface area contributed by atoms with Crippen molar-refractivity contribution in [3.05, 3.63) is 0 Å². The zero-order valence-electron chi connectivity index (χ0n) is 7.18. The summed E-state index contributed by atoms with van der Waals surface area (Å²) in [6, 6.07) is -0.196. The summed E-state index contributed by atoms with van der Waals surface area (Å²) in [6.45, 7) is 1.58. The van der Waals surface area contributed by atoms with E-state index in [0.717, 1.165) is 12.3 Å². The number of rotatable bonds is 3. The maximum absolute atomic E-state index is 10.8. The maximum Gasteiger partial charge on any atom is 0.146 e. The van der Waals surface area contributed by atoms with Crippen LogP contribution in [0, 0.1) is 5.92 Å². The van der Waals surface area contributed by atoms with Gasteiger partial charge in [-0.2, -0.15) is 0 Å². The Balaban J connectivity index is 2.23. The number of carbonyl (C=O) groups excluding carboxylic acids is 1. The van der Waals surface area contributed by atoms with E-state index in [1.807, 2.05) is 0 Å². The van der Waals surface area contributed by atoms with Gasteiger partial charge in [-0.15, -0.1) is 0 Å². The highest BCUT2D eigenvalue weighted by Crippen LogP contribution is 2.28. The minimum absolute atomic E-state index is 0.136. The molecule has 1 rings (SSSR count). The third kappa shape index (κ3) is 2.62. The van der Waals surface area contributed by atoms with Gasteiger partial charge in [-0.1, -0.05) is 25.7 Å². The minimum Gasteiger partial charge on any atom is -0.322 e. The molecule has 2 heteroatoms. The van der Waals surface area contributed by atoms with Gasteiger partial charge < -0.3 is 5.73 Å². The van der Waals surface area contributed by atoms with E-state index in [1.165, 1.54) is 25.7 Å². The first-order valence-electron chi connectivity index (χ1n) is 4.46. The van der Waals surface area contributed by atoms with Crippen molar-refractivity contribution in [3.8, 4) is 0 Å². The summed E-state index contributed by atoms with van der Waals surface area (Å²) in [5, 5.41) is 0. The lowest BCUT2D eigenvalue weighted by Gasteiger charge is -2.12. The van der Waals surface area contributed by atoms with Crippen LogP contribution < -0.4 is 5.73 Å². The number of hydrogen-bond acceptors (Lipinski definition) is 2. The van der Waals surface area contributed by atoms with Crippen LogP contribution >= 0.6 is 0 Å². The maximum atomic E-state index is 10.8. The Bertz CT molecular complexity index is 138. The average molecular weight is 155 g/mol. The summed E-state index contributed by atoms with van der Waals surface area (Å²) in [6.07, 6.45) is 6.13. The average Bonchev–Trinajstić information content (AvgIpc) is 2.39. The van der Waals surface area contributed by atoms with Crippen molar-refractivity contribution in [2.75, 3.05) is 0 Å². The molecule has 64 valence electrons. The molecule has 2 N–H and O–H groups in total. The molecule has 0 radical (unpaired) electrons. The van der Waals surface area contributed by atoms with Crippen LogP contribution in [-0.2, 0) is 4.79 Å². The molecule has 0 bridgehead atoms. The second-order valence-electron chi connectivity index (χ2n) is 3.60. The van der Waals surface area contributed by atoms with Crippen molar-refractivity contribution in [1.29, 1.82) is 0 Å². The highest BCUT2D eigenvalue weighted by molar-refractivity contribution is 5.81. The summed E-state index contributed by atoms with van der Waals surface area (Å²) in [5.74, 6) is 0.866. The van der Waals surface area contributed by atoms with Crippen LogP contribution in [0.25, 0.3) is 0 Å². The topological polar surface area (TPSA) is 43.1 Å². The van der Waals surface area contributed by atoms with Crippen LogP contribution in [0.15, 0.2) is 0 Å². The molecular formula is C9H17NO. The lowest BCUT2D eigenvalue weighted by Crippen LogP contribution is -2.30. The Labute approximate surface area is 68.2 Å². The molecule has 1 aliphatic carbocycles. The molecule has 0 saturated heterocycles. The normalized spacial score (nSPS) is 22.0. The smallest absolute Gasteiger partial charge is 0.146 e. The minimum atomic E-state index is -0.196. The quantitative estimate of drug-likeness (QED) is 0.671. The van der Waals surface area contributed by atoms with Crippen LogP contribution in [0.2, 0.25) is 0 Å². The molecule has 0 aliphatic heterocycles. The van der Waals surface area contributed by atoms with Crippen molar-refractivity contribution in [2.45, 2.75) is 45.1 Å². The molecule has 2 nitrogen and oxygen atoms in total. The predicted octanol–water partition coefficient (Wildman–Crippen LogP) is 1.48. The van der Waals surface area contributed by atoms with Crippen LogP contribution in [-0.4, -0.2) is 11.8 Å². The first-order valence-corrected chi connectivity index (χ1v) is 4.46. The zero-order valence-corrected chi connectivity index (χ0v) is 7.18. The highest BCUT2D eigenvalue weighted by Gasteiger charge is 2.19. The van der Waals surface area contributed by atoms with Gasteiger partial charge in [0.25, 0.3) is 0 Å². The lowest BCUT2D eigenvalue weighted by molar-refractivity contribution is -0.118. The fraction of sp³-hybridized carbons (Fsp3) is 0.889. The van der Waals surface area contributed by atoms with Gasteiger partial charge >= 0.3 is 0 Å². The number of Topliss-reactive ketones (excluding diaryl/α,β-unsaturated/α-hetero) is 1. The number of ketones is 1. The highest BCUT2D eigenvalue weighted by atomic mass is 16.1. The Kier molecular flexibility index (Phi) is 3.06. The first-order chi connectivity index (χ1) is 5.20. The van der Waals surface area contributed by atoms with Crippen LogP contribution in [0.5, 0.6) is 0 Å². The van der Waals surface area contributed by atoms with Gasteiger partial charge in [-0.3, -0.25) is 4.79 Å². The second-order valence-corrected chi connectivity index (χ2v) is 3.60. The molecule has 0 aromatic heterocycles. The molecule has 1 fully saturated rings. The predicted molar refractivity (Wildman–Crippen MR) is 45.2 cm³/mol. The third-order valence-electron chi connectivity index (χ3n) is 2.58. The summed E-state index contributed by atoms with van der Waals surface area (Å²) in [7, 11) is 0. The summed E-state index contributed by atoms with van der Waals surface area (Å²) >= 11 is 0. The van der Waals surface area contributed by atoms with E-state index in [4.69, 9.17) is 5.73 Å². The van der Waals surface area contributed by atoms with Gasteiger partial charge in [0, 0.05) is 0 Å². The van der Waals surface area contributed by atoms with Crippen molar-refractivity contribution in [3.63, 3.8) is 0 Å². The molecule has 0 aromatic carbocycles. The number of carbonyl (C=O) groups is 1. The van der Waals surface area contributed by atoms with Gasteiger partial charge in [-0.05, 0) is 19.3 Å². The third-order valence-corrected chi connectivity index (χ3v) is 2.58. The van der Waals surface area contributed by atoms with Crippen LogP contribution in [0.4, 0.5) is 0 Å². The summed E-state index contributed by atoms with van der Waals surface area (Å²) < 4.78 is 0. The zero-order chi connectivity index (χ0) is 8.27. The van der Waals surface area contributed by atoms with Gasteiger partial charge in [0.15, 0.2) is 0 Å². The Morgan fingerprint density at radius 2 is 2.09 bits per heavy atom. The number of nitrogens with two attached hydrogens (primary N) is 1. The molecular weight excluding hydrogens is 138 g/mol. The van der Waals surface area contributed by atoms with Crippen LogP contribution in [0.3, 0.4) is 0 Å². The second kappa shape index (κ2) is 3.86. The lowest BCUT2D eigenvalue weighted by atomic mass is 9.97. The van der Waals surface area contributed by atoms with E-state index in [1.54, 1.807) is 6.92 Å². The van der Waals surface area contributed by atoms with Gasteiger partial charge in [0.1, 0.15) is 5.78 Å². The largest absolute Gasteiger partial charge is 0.322 e. The van der Waals surface area contributed by atoms with Gasteiger partial charge in [0.05, 0.1) is 6.04 Å². The molecule has 1 atom stereocenters. The van der Waals surface area contributed by atoms with Crippen molar-refractivity contribution >= 4 is 5.78 Å². The molecule has 1 saturated carbocycles. The van der Waals surface area contributed by atoms with Crippen molar-refractivity contribution < 1.29 is 4.79 Å². The standard InChI is InChI=1S/C9H17NO/c1-7(11)9(10)6-8-4-2-3-5-8/h8-9H,2-6,10H2,1H3. The molecule has 1 unspecified atom stereocenters. The Morgan fingerprint density at radius 3 is 2.55 bits per heavy atom.